The standard InChI is InChI=1S/C27H30N4O5/c1-34-20-8-6-19(7-9-20)31-17-18(15-25(31)32)28-27(33)30-14-13-29-12-4-5-23(29)26(30)22-16-21(35-2)10-11-24(22)36-3/h4-12,16,18,26H,13-15,17H2,1-3H3,(H,28,33). The molecule has 2 atom stereocenters. The highest BCUT2D eigenvalue weighted by atomic mass is 16.5. The Kier molecular flexibility index (Phi) is 6.45. The van der Waals surface area contributed by atoms with E-state index in [0.717, 1.165) is 22.7 Å². The van der Waals surface area contributed by atoms with Crippen molar-refractivity contribution in [2.45, 2.75) is 25.0 Å². The molecular formula is C27H30N4O5. The second-order valence-electron chi connectivity index (χ2n) is 8.88. The average Bonchev–Trinajstić information content (AvgIpc) is 3.53. The molecule has 9 nitrogen and oxygen atoms in total. The van der Waals surface area contributed by atoms with Gasteiger partial charge in [0, 0.05) is 49.2 Å². The molecule has 0 spiro atoms. The molecular weight excluding hydrogens is 460 g/mol. The van der Waals surface area contributed by atoms with Crippen LogP contribution in [-0.4, -0.2) is 61.9 Å². The molecule has 1 aromatic heterocycles. The van der Waals surface area contributed by atoms with E-state index in [1.807, 2.05) is 65.7 Å². The van der Waals surface area contributed by atoms with Crippen molar-refractivity contribution >= 4 is 17.6 Å². The molecule has 9 heteroatoms. The number of nitrogens with zero attached hydrogens (tertiary/aromatic N) is 3. The number of anilines is 1. The second-order valence-corrected chi connectivity index (χ2v) is 8.88. The smallest absolute Gasteiger partial charge is 0.318 e. The second kappa shape index (κ2) is 9.85. The molecule has 1 fully saturated rings. The first-order chi connectivity index (χ1) is 17.5. The number of rotatable bonds is 6. The third-order valence-corrected chi connectivity index (χ3v) is 6.87. The molecule has 3 aromatic rings. The molecule has 3 amide bonds. The molecule has 3 heterocycles. The molecule has 0 saturated carbocycles. The number of hydrogen-bond acceptors (Lipinski definition) is 5. The van der Waals surface area contributed by atoms with Gasteiger partial charge in [0.15, 0.2) is 0 Å². The number of ether oxygens (including phenoxy) is 3. The largest absolute Gasteiger partial charge is 0.497 e. The number of methoxy groups -OCH3 is 3. The van der Waals surface area contributed by atoms with Crippen LogP contribution < -0.4 is 24.4 Å². The van der Waals surface area contributed by atoms with E-state index in [4.69, 9.17) is 14.2 Å². The van der Waals surface area contributed by atoms with Gasteiger partial charge in [-0.1, -0.05) is 0 Å². The summed E-state index contributed by atoms with van der Waals surface area (Å²) >= 11 is 0. The molecule has 0 bridgehead atoms. The third kappa shape index (κ3) is 4.32. The summed E-state index contributed by atoms with van der Waals surface area (Å²) in [4.78, 5) is 29.9. The zero-order valence-electron chi connectivity index (χ0n) is 20.6. The van der Waals surface area contributed by atoms with Crippen LogP contribution in [0.5, 0.6) is 17.2 Å². The van der Waals surface area contributed by atoms with Gasteiger partial charge in [-0.3, -0.25) is 4.79 Å². The summed E-state index contributed by atoms with van der Waals surface area (Å²) in [5, 5.41) is 3.11. The maximum Gasteiger partial charge on any atom is 0.318 e. The lowest BCUT2D eigenvalue weighted by atomic mass is 9.98. The Bertz CT molecular complexity index is 1260. The Morgan fingerprint density at radius 3 is 2.42 bits per heavy atom. The van der Waals surface area contributed by atoms with Crippen LogP contribution in [0.15, 0.2) is 60.8 Å². The van der Waals surface area contributed by atoms with E-state index in [2.05, 4.69) is 9.88 Å². The first-order valence-corrected chi connectivity index (χ1v) is 11.9. The fourth-order valence-electron chi connectivity index (χ4n) is 5.06. The quantitative estimate of drug-likeness (QED) is 0.572. The molecule has 188 valence electrons. The fourth-order valence-corrected chi connectivity index (χ4v) is 5.06. The lowest BCUT2D eigenvalue weighted by Gasteiger charge is -2.38. The SMILES string of the molecule is COc1ccc(N2CC(NC(=O)N3CCn4cccc4C3c3cc(OC)ccc3OC)CC2=O)cc1. The Labute approximate surface area is 210 Å². The van der Waals surface area contributed by atoms with Crippen LogP contribution in [0.25, 0.3) is 0 Å². The summed E-state index contributed by atoms with van der Waals surface area (Å²) in [6, 6.07) is 16.1. The lowest BCUT2D eigenvalue weighted by Crippen LogP contribution is -2.50. The summed E-state index contributed by atoms with van der Waals surface area (Å²) in [6.45, 7) is 1.61. The van der Waals surface area contributed by atoms with Gasteiger partial charge in [0.05, 0.1) is 27.4 Å². The van der Waals surface area contributed by atoms with Crippen LogP contribution >= 0.6 is 0 Å². The minimum atomic E-state index is -0.367. The van der Waals surface area contributed by atoms with Gasteiger partial charge in [-0.2, -0.15) is 0 Å². The van der Waals surface area contributed by atoms with E-state index in [-0.39, 0.29) is 30.4 Å². The highest BCUT2D eigenvalue weighted by Gasteiger charge is 2.37. The monoisotopic (exact) mass is 490 g/mol. The topological polar surface area (TPSA) is 85.3 Å². The number of urea groups is 1. The minimum Gasteiger partial charge on any atom is -0.497 e. The van der Waals surface area contributed by atoms with Crippen LogP contribution in [0.2, 0.25) is 0 Å². The minimum absolute atomic E-state index is 0.0241. The van der Waals surface area contributed by atoms with Crippen molar-refractivity contribution in [1.82, 2.24) is 14.8 Å². The van der Waals surface area contributed by atoms with E-state index in [1.165, 1.54) is 0 Å². The van der Waals surface area contributed by atoms with Crippen LogP contribution in [-0.2, 0) is 11.3 Å². The van der Waals surface area contributed by atoms with E-state index in [0.29, 0.717) is 31.1 Å². The fraction of sp³-hybridized carbons (Fsp3) is 0.333. The van der Waals surface area contributed by atoms with Crippen LogP contribution in [0.3, 0.4) is 0 Å². The molecule has 0 radical (unpaired) electrons. The third-order valence-electron chi connectivity index (χ3n) is 6.87. The number of carbonyl (C=O) groups excluding carboxylic acids is 2. The number of carbonyl (C=O) groups is 2. The van der Waals surface area contributed by atoms with Crippen molar-refractivity contribution in [2.75, 3.05) is 39.3 Å². The Hall–Kier alpha value is -4.14. The summed E-state index contributed by atoms with van der Waals surface area (Å²) in [5.41, 5.74) is 2.62. The highest BCUT2D eigenvalue weighted by Crippen LogP contribution is 2.39. The Balaban J connectivity index is 1.38. The van der Waals surface area contributed by atoms with Gasteiger partial charge < -0.3 is 33.9 Å². The normalized spacial score (nSPS) is 19.1. The van der Waals surface area contributed by atoms with E-state index >= 15 is 0 Å². The predicted octanol–water partition coefficient (Wildman–Crippen LogP) is 3.43. The molecule has 2 unspecified atom stereocenters. The lowest BCUT2D eigenvalue weighted by molar-refractivity contribution is -0.117. The van der Waals surface area contributed by atoms with Gasteiger partial charge in [0.25, 0.3) is 0 Å². The summed E-state index contributed by atoms with van der Waals surface area (Å²) in [5.74, 6) is 2.06. The van der Waals surface area contributed by atoms with Crippen molar-refractivity contribution in [3.05, 3.63) is 72.1 Å². The van der Waals surface area contributed by atoms with E-state index in [9.17, 15) is 9.59 Å². The average molecular weight is 491 g/mol. The molecule has 0 aliphatic carbocycles. The summed E-state index contributed by atoms with van der Waals surface area (Å²) in [6.07, 6.45) is 2.27. The van der Waals surface area contributed by atoms with Crippen molar-refractivity contribution in [1.29, 1.82) is 0 Å². The number of aromatic nitrogens is 1. The molecule has 2 aliphatic heterocycles. The van der Waals surface area contributed by atoms with Crippen molar-refractivity contribution in [2.24, 2.45) is 0 Å². The summed E-state index contributed by atoms with van der Waals surface area (Å²) < 4.78 is 18.5. The van der Waals surface area contributed by atoms with Gasteiger partial charge in [-0.25, -0.2) is 4.79 Å². The Morgan fingerprint density at radius 2 is 1.69 bits per heavy atom. The number of fused-ring (bicyclic) bond motifs is 1. The molecule has 1 N–H and O–H groups in total. The highest BCUT2D eigenvalue weighted by molar-refractivity contribution is 5.96. The van der Waals surface area contributed by atoms with Crippen molar-refractivity contribution in [3.8, 4) is 17.2 Å². The van der Waals surface area contributed by atoms with Crippen LogP contribution in [0, 0.1) is 0 Å². The van der Waals surface area contributed by atoms with Crippen LogP contribution in [0.4, 0.5) is 10.5 Å². The van der Waals surface area contributed by atoms with Crippen molar-refractivity contribution in [3.63, 3.8) is 0 Å². The van der Waals surface area contributed by atoms with Crippen molar-refractivity contribution < 1.29 is 23.8 Å². The van der Waals surface area contributed by atoms with Gasteiger partial charge in [-0.05, 0) is 54.6 Å². The first-order valence-electron chi connectivity index (χ1n) is 11.9. The zero-order chi connectivity index (χ0) is 25.2. The zero-order valence-corrected chi connectivity index (χ0v) is 20.6. The summed E-state index contributed by atoms with van der Waals surface area (Å²) in [7, 11) is 4.84. The number of amides is 3. The Morgan fingerprint density at radius 1 is 0.944 bits per heavy atom. The number of benzene rings is 2. The maximum absolute atomic E-state index is 13.6. The molecule has 1 saturated heterocycles. The van der Waals surface area contributed by atoms with Crippen LogP contribution in [0.1, 0.15) is 23.7 Å². The van der Waals surface area contributed by atoms with Gasteiger partial charge in [0.1, 0.15) is 23.3 Å². The van der Waals surface area contributed by atoms with E-state index in [1.54, 1.807) is 26.2 Å². The van der Waals surface area contributed by atoms with E-state index < -0.39 is 0 Å². The van der Waals surface area contributed by atoms with Gasteiger partial charge in [0.2, 0.25) is 5.91 Å². The van der Waals surface area contributed by atoms with Gasteiger partial charge in [-0.15, -0.1) is 0 Å². The molecule has 2 aliphatic rings. The maximum atomic E-state index is 13.6. The molecule has 36 heavy (non-hydrogen) atoms. The number of nitrogens with one attached hydrogen (secondary N) is 1. The molecule has 5 rings (SSSR count). The molecule has 2 aromatic carbocycles. The van der Waals surface area contributed by atoms with Gasteiger partial charge >= 0.3 is 6.03 Å². The number of hydrogen-bond donors (Lipinski definition) is 1. The predicted molar refractivity (Wildman–Crippen MR) is 135 cm³/mol. The first kappa shape index (κ1) is 23.6.